The molecule has 2 aromatic carbocycles. The van der Waals surface area contributed by atoms with Crippen LogP contribution in [0.5, 0.6) is 0 Å². The van der Waals surface area contributed by atoms with Crippen molar-refractivity contribution >= 4 is 23.8 Å². The SMILES string of the molecule is Cc1ccc(C)c(/C=C/CC/C=C/c2ccccc2Cl)c1. The minimum atomic E-state index is 0.805. The van der Waals surface area contributed by atoms with E-state index in [9.17, 15) is 0 Å². The highest BCUT2D eigenvalue weighted by Gasteiger charge is 1.94. The molecule has 0 unspecified atom stereocenters. The van der Waals surface area contributed by atoms with Crippen LogP contribution in [0.3, 0.4) is 0 Å². The third kappa shape index (κ3) is 4.91. The van der Waals surface area contributed by atoms with Crippen molar-refractivity contribution < 1.29 is 0 Å². The molecule has 0 saturated heterocycles. The average Bonchev–Trinajstić information content (AvgIpc) is 2.48. The Morgan fingerprint density at radius 1 is 0.857 bits per heavy atom. The van der Waals surface area contributed by atoms with Crippen LogP contribution < -0.4 is 0 Å². The Balaban J connectivity index is 1.86. The highest BCUT2D eigenvalue weighted by Crippen LogP contribution is 2.17. The summed E-state index contributed by atoms with van der Waals surface area (Å²) in [5, 5.41) is 0.805. The molecule has 21 heavy (non-hydrogen) atoms. The quantitative estimate of drug-likeness (QED) is 0.555. The van der Waals surface area contributed by atoms with Crippen LogP contribution in [0.1, 0.15) is 35.1 Å². The largest absolute Gasteiger partial charge is 0.0837 e. The molecule has 0 spiro atoms. The summed E-state index contributed by atoms with van der Waals surface area (Å²) in [5.41, 5.74) is 5.02. The van der Waals surface area contributed by atoms with Crippen LogP contribution in [0.25, 0.3) is 12.2 Å². The minimum absolute atomic E-state index is 0.805. The first kappa shape index (κ1) is 15.6. The summed E-state index contributed by atoms with van der Waals surface area (Å²) >= 11 is 6.11. The second-order valence-corrected chi connectivity index (χ2v) is 5.67. The number of hydrogen-bond donors (Lipinski definition) is 0. The topological polar surface area (TPSA) is 0 Å². The predicted octanol–water partition coefficient (Wildman–Crippen LogP) is 6.46. The van der Waals surface area contributed by atoms with E-state index in [0.717, 1.165) is 23.4 Å². The van der Waals surface area contributed by atoms with Gasteiger partial charge in [0.25, 0.3) is 0 Å². The summed E-state index contributed by atoms with van der Waals surface area (Å²) in [4.78, 5) is 0. The number of rotatable bonds is 5. The number of allylic oxidation sites excluding steroid dienone is 2. The molecule has 0 aliphatic carbocycles. The summed E-state index contributed by atoms with van der Waals surface area (Å²) in [6, 6.07) is 14.5. The Morgan fingerprint density at radius 3 is 2.24 bits per heavy atom. The average molecular weight is 297 g/mol. The van der Waals surface area contributed by atoms with E-state index in [0.29, 0.717) is 0 Å². The molecule has 0 N–H and O–H groups in total. The van der Waals surface area contributed by atoms with E-state index in [2.05, 4.69) is 56.4 Å². The molecule has 0 radical (unpaired) electrons. The lowest BCUT2D eigenvalue weighted by Gasteiger charge is -2.01. The highest BCUT2D eigenvalue weighted by molar-refractivity contribution is 6.32. The number of halogens is 1. The Morgan fingerprint density at radius 2 is 1.52 bits per heavy atom. The standard InChI is InChI=1S/C20H21Cl/c1-16-13-14-17(2)19(15-16)11-6-4-3-5-9-18-10-7-8-12-20(18)21/h5-15H,3-4H2,1-2H3/b9-5+,11-6+. The molecule has 0 aromatic heterocycles. The molecule has 0 saturated carbocycles. The van der Waals surface area contributed by atoms with E-state index < -0.39 is 0 Å². The van der Waals surface area contributed by atoms with E-state index in [-0.39, 0.29) is 0 Å². The van der Waals surface area contributed by atoms with Crippen molar-refractivity contribution in [3.8, 4) is 0 Å². The van der Waals surface area contributed by atoms with Gasteiger partial charge in [-0.25, -0.2) is 0 Å². The van der Waals surface area contributed by atoms with Crippen LogP contribution in [0.4, 0.5) is 0 Å². The fourth-order valence-electron chi connectivity index (χ4n) is 2.16. The van der Waals surface area contributed by atoms with Gasteiger partial charge >= 0.3 is 0 Å². The van der Waals surface area contributed by atoms with Gasteiger partial charge in [0.2, 0.25) is 0 Å². The third-order valence-corrected chi connectivity index (χ3v) is 3.78. The zero-order chi connectivity index (χ0) is 15.1. The molecule has 0 fully saturated rings. The Kier molecular flexibility index (Phi) is 5.83. The van der Waals surface area contributed by atoms with Gasteiger partial charge < -0.3 is 0 Å². The van der Waals surface area contributed by atoms with Gasteiger partial charge in [0, 0.05) is 5.02 Å². The molecule has 0 heterocycles. The second-order valence-electron chi connectivity index (χ2n) is 5.26. The van der Waals surface area contributed by atoms with Crippen LogP contribution in [0.15, 0.2) is 54.6 Å². The molecular weight excluding hydrogens is 276 g/mol. The summed E-state index contributed by atoms with van der Waals surface area (Å²) < 4.78 is 0. The van der Waals surface area contributed by atoms with Crippen LogP contribution in [0, 0.1) is 13.8 Å². The Bertz CT molecular complexity index is 651. The number of benzene rings is 2. The second kappa shape index (κ2) is 7.85. The number of aryl methyl sites for hydroxylation is 2. The Hall–Kier alpha value is -1.79. The zero-order valence-electron chi connectivity index (χ0n) is 12.6. The van der Waals surface area contributed by atoms with Crippen LogP contribution in [-0.4, -0.2) is 0 Å². The van der Waals surface area contributed by atoms with Crippen molar-refractivity contribution in [3.05, 3.63) is 81.9 Å². The first-order valence-corrected chi connectivity index (χ1v) is 7.69. The smallest absolute Gasteiger partial charge is 0.0478 e. The van der Waals surface area contributed by atoms with Crippen molar-refractivity contribution in [2.75, 3.05) is 0 Å². The van der Waals surface area contributed by atoms with Gasteiger partial charge in [0.15, 0.2) is 0 Å². The zero-order valence-corrected chi connectivity index (χ0v) is 13.4. The lowest BCUT2D eigenvalue weighted by molar-refractivity contribution is 1.06. The molecule has 0 bridgehead atoms. The fourth-order valence-corrected chi connectivity index (χ4v) is 2.36. The molecule has 2 rings (SSSR count). The van der Waals surface area contributed by atoms with Gasteiger partial charge in [-0.2, -0.15) is 0 Å². The molecule has 2 aromatic rings. The predicted molar refractivity (Wildman–Crippen MR) is 94.7 cm³/mol. The van der Waals surface area contributed by atoms with E-state index in [1.54, 1.807) is 0 Å². The molecule has 0 atom stereocenters. The van der Waals surface area contributed by atoms with Crippen molar-refractivity contribution in [3.63, 3.8) is 0 Å². The maximum Gasteiger partial charge on any atom is 0.0478 e. The van der Waals surface area contributed by atoms with Gasteiger partial charge in [0.05, 0.1) is 0 Å². The molecule has 1 heteroatoms. The summed E-state index contributed by atoms with van der Waals surface area (Å²) in [6.45, 7) is 4.28. The molecule has 108 valence electrons. The summed E-state index contributed by atoms with van der Waals surface area (Å²) in [6.07, 6.45) is 10.8. The monoisotopic (exact) mass is 296 g/mol. The van der Waals surface area contributed by atoms with E-state index in [1.165, 1.54) is 16.7 Å². The lowest BCUT2D eigenvalue weighted by atomic mass is 10.0. The van der Waals surface area contributed by atoms with Crippen molar-refractivity contribution in [1.82, 2.24) is 0 Å². The first-order chi connectivity index (χ1) is 10.2. The summed E-state index contributed by atoms with van der Waals surface area (Å²) in [5.74, 6) is 0. The maximum atomic E-state index is 6.11. The molecular formula is C20H21Cl. The van der Waals surface area contributed by atoms with E-state index >= 15 is 0 Å². The minimum Gasteiger partial charge on any atom is -0.0837 e. The van der Waals surface area contributed by atoms with Crippen molar-refractivity contribution in [2.24, 2.45) is 0 Å². The van der Waals surface area contributed by atoms with Crippen molar-refractivity contribution in [2.45, 2.75) is 26.7 Å². The lowest BCUT2D eigenvalue weighted by Crippen LogP contribution is -1.81. The third-order valence-electron chi connectivity index (χ3n) is 3.43. The number of hydrogen-bond acceptors (Lipinski definition) is 0. The van der Waals surface area contributed by atoms with Gasteiger partial charge in [-0.05, 0) is 49.4 Å². The fraction of sp³-hybridized carbons (Fsp3) is 0.200. The van der Waals surface area contributed by atoms with Gasteiger partial charge in [-0.1, -0.05) is 77.9 Å². The number of unbranched alkanes of at least 4 members (excludes halogenated alkanes) is 1. The molecule has 0 nitrogen and oxygen atoms in total. The Labute approximate surface area is 132 Å². The molecule has 0 aliphatic heterocycles. The highest BCUT2D eigenvalue weighted by atomic mass is 35.5. The van der Waals surface area contributed by atoms with Crippen molar-refractivity contribution in [1.29, 1.82) is 0 Å². The summed E-state index contributed by atoms with van der Waals surface area (Å²) in [7, 11) is 0. The van der Waals surface area contributed by atoms with Gasteiger partial charge in [0.1, 0.15) is 0 Å². The van der Waals surface area contributed by atoms with Crippen LogP contribution in [0.2, 0.25) is 5.02 Å². The van der Waals surface area contributed by atoms with Crippen LogP contribution in [-0.2, 0) is 0 Å². The van der Waals surface area contributed by atoms with E-state index in [1.807, 2.05) is 24.3 Å². The molecule has 0 amide bonds. The van der Waals surface area contributed by atoms with Crippen LogP contribution >= 0.6 is 11.6 Å². The van der Waals surface area contributed by atoms with Gasteiger partial charge in [-0.3, -0.25) is 0 Å². The normalized spacial score (nSPS) is 11.6. The molecule has 0 aliphatic rings. The first-order valence-electron chi connectivity index (χ1n) is 7.31. The van der Waals surface area contributed by atoms with Gasteiger partial charge in [-0.15, -0.1) is 0 Å². The maximum absolute atomic E-state index is 6.11. The van der Waals surface area contributed by atoms with E-state index in [4.69, 9.17) is 11.6 Å².